The third-order valence-electron chi connectivity index (χ3n) is 5.55. The first-order chi connectivity index (χ1) is 17.6. The highest BCUT2D eigenvalue weighted by atomic mass is 32.2. The van der Waals surface area contributed by atoms with Crippen molar-refractivity contribution in [1.29, 1.82) is 5.26 Å². The fourth-order valence-corrected chi connectivity index (χ4v) is 4.60. The Morgan fingerprint density at radius 1 is 1.19 bits per heavy atom. The Balaban J connectivity index is 1.41. The number of aliphatic imine (C=N–C) groups is 1. The topological polar surface area (TPSA) is 94.8 Å². The minimum Gasteiger partial charge on any atom is -0.454 e. The molecule has 2 heterocycles. The maximum absolute atomic E-state index is 14.7. The number of amidine groups is 1. The molecule has 2 fully saturated rings. The van der Waals surface area contributed by atoms with Crippen LogP contribution < -0.4 is 10.1 Å². The van der Waals surface area contributed by atoms with Gasteiger partial charge in [0.15, 0.2) is 16.7 Å². The number of benzene rings is 2. The van der Waals surface area contributed by atoms with Gasteiger partial charge < -0.3 is 15.0 Å². The third kappa shape index (κ3) is 6.48. The number of amides is 2. The van der Waals surface area contributed by atoms with E-state index in [-0.39, 0.29) is 16.4 Å². The molecule has 7 nitrogen and oxygen atoms in total. The van der Waals surface area contributed by atoms with E-state index in [2.05, 4.69) is 10.3 Å². The highest BCUT2D eigenvalue weighted by Crippen LogP contribution is 2.39. The zero-order valence-corrected chi connectivity index (χ0v) is 20.1. The van der Waals surface area contributed by atoms with Crippen LogP contribution in [0.25, 0.3) is 6.08 Å². The van der Waals surface area contributed by atoms with Gasteiger partial charge in [-0.3, -0.25) is 14.6 Å². The fraction of sp³-hybridized carbons (Fsp3) is 0.280. The Morgan fingerprint density at radius 2 is 1.97 bits per heavy atom. The molecule has 4 rings (SSSR count). The Kier molecular flexibility index (Phi) is 7.83. The number of rotatable bonds is 7. The lowest BCUT2D eigenvalue weighted by Crippen LogP contribution is -2.26. The molecule has 0 unspecified atom stereocenters. The van der Waals surface area contributed by atoms with Crippen LogP contribution in [0, 0.1) is 17.1 Å². The van der Waals surface area contributed by atoms with Crippen molar-refractivity contribution in [2.75, 3.05) is 19.6 Å². The summed E-state index contributed by atoms with van der Waals surface area (Å²) in [5.74, 6) is -2.29. The summed E-state index contributed by atoms with van der Waals surface area (Å²) in [4.78, 5) is 30.3. The summed E-state index contributed by atoms with van der Waals surface area (Å²) in [5.41, 5.74) is -1.11. The number of ether oxygens (including phenoxy) is 1. The first-order valence-corrected chi connectivity index (χ1v) is 12.1. The van der Waals surface area contributed by atoms with Gasteiger partial charge in [-0.2, -0.15) is 18.4 Å². The normalized spacial score (nSPS) is 18.0. The molecule has 0 radical (unpaired) electrons. The monoisotopic (exact) mass is 532 g/mol. The van der Waals surface area contributed by atoms with Gasteiger partial charge in [-0.25, -0.2) is 4.39 Å². The van der Waals surface area contributed by atoms with Crippen LogP contribution in [0.1, 0.15) is 36.0 Å². The van der Waals surface area contributed by atoms with Crippen LogP contribution in [-0.2, 0) is 15.8 Å². The van der Waals surface area contributed by atoms with Crippen LogP contribution in [0.5, 0.6) is 11.5 Å². The molecule has 0 aromatic heterocycles. The summed E-state index contributed by atoms with van der Waals surface area (Å²) in [7, 11) is 0. The summed E-state index contributed by atoms with van der Waals surface area (Å²) in [6.07, 6.45) is -1.27. The number of halogens is 4. The van der Waals surface area contributed by atoms with E-state index in [1.165, 1.54) is 12.1 Å². The van der Waals surface area contributed by atoms with Crippen molar-refractivity contribution < 1.29 is 31.9 Å². The minimum absolute atomic E-state index is 0.141. The molecule has 192 valence electrons. The molecule has 37 heavy (non-hydrogen) atoms. The van der Waals surface area contributed by atoms with Gasteiger partial charge in [-0.1, -0.05) is 6.07 Å². The van der Waals surface area contributed by atoms with Gasteiger partial charge in [0, 0.05) is 26.1 Å². The van der Waals surface area contributed by atoms with E-state index in [4.69, 9.17) is 10.00 Å². The highest BCUT2D eigenvalue weighted by molar-refractivity contribution is 8.18. The lowest BCUT2D eigenvalue weighted by atomic mass is 10.1. The summed E-state index contributed by atoms with van der Waals surface area (Å²) >= 11 is 1.08. The van der Waals surface area contributed by atoms with Gasteiger partial charge in [-0.15, -0.1) is 0 Å². The highest BCUT2D eigenvalue weighted by Gasteiger charge is 2.35. The molecule has 2 aromatic carbocycles. The van der Waals surface area contributed by atoms with E-state index in [9.17, 15) is 27.2 Å². The maximum Gasteiger partial charge on any atom is 0.420 e. The average Bonchev–Trinajstić information content (AvgIpc) is 3.42. The number of carbonyl (C=O) groups is 2. The molecular formula is C25H20F4N4O3S. The number of hydrogen-bond acceptors (Lipinski definition) is 6. The molecule has 2 aliphatic heterocycles. The fourth-order valence-electron chi connectivity index (χ4n) is 3.75. The SMILES string of the molecule is N#Cc1ccc(Oc2ccc(C=C3SC(=NCCCN4CCCC4=O)NC3=O)cc2F)c(C(F)(F)F)c1. The largest absolute Gasteiger partial charge is 0.454 e. The number of likely N-dealkylation sites (tertiary alicyclic amines) is 1. The van der Waals surface area contributed by atoms with Crippen LogP contribution >= 0.6 is 11.8 Å². The molecule has 0 aliphatic carbocycles. The van der Waals surface area contributed by atoms with Crippen LogP contribution in [0.15, 0.2) is 46.3 Å². The second kappa shape index (κ2) is 11.0. The first kappa shape index (κ1) is 26.2. The van der Waals surface area contributed by atoms with Crippen molar-refractivity contribution in [1.82, 2.24) is 10.2 Å². The standard InChI is InChI=1S/C25H20F4N4O3S/c26-18-12-15(4-7-20(18)36-19-6-5-16(14-30)11-17(19)25(27,28)29)13-21-23(35)32-24(37-21)31-8-2-10-33-9-1-3-22(33)34/h4-7,11-13H,1-3,8-10H2,(H,31,32,35). The molecule has 2 aromatic rings. The number of nitriles is 1. The van der Waals surface area contributed by atoms with E-state index < -0.39 is 35.0 Å². The number of thioether (sulfide) groups is 1. The van der Waals surface area contributed by atoms with Gasteiger partial charge in [0.05, 0.1) is 22.1 Å². The predicted molar refractivity (Wildman–Crippen MR) is 129 cm³/mol. The van der Waals surface area contributed by atoms with E-state index in [1.807, 2.05) is 0 Å². The molecule has 0 bridgehead atoms. The first-order valence-electron chi connectivity index (χ1n) is 11.3. The number of alkyl halides is 3. The summed E-state index contributed by atoms with van der Waals surface area (Å²) in [5, 5.41) is 11.9. The second-order valence-corrected chi connectivity index (χ2v) is 9.23. The van der Waals surface area contributed by atoms with Crippen LogP contribution in [-0.4, -0.2) is 41.5 Å². The Bertz CT molecular complexity index is 1330. The molecule has 0 atom stereocenters. The number of nitrogens with zero attached hydrogens (tertiary/aromatic N) is 3. The van der Waals surface area contributed by atoms with Crippen LogP contribution in [0.3, 0.4) is 0 Å². The summed E-state index contributed by atoms with van der Waals surface area (Å²) < 4.78 is 59.9. The molecule has 12 heteroatoms. The van der Waals surface area contributed by atoms with Gasteiger partial charge in [0.2, 0.25) is 5.91 Å². The van der Waals surface area contributed by atoms with Crippen molar-refractivity contribution >= 4 is 34.8 Å². The van der Waals surface area contributed by atoms with E-state index in [0.717, 1.165) is 49.0 Å². The number of hydrogen-bond donors (Lipinski definition) is 1. The molecular weight excluding hydrogens is 512 g/mol. The molecule has 2 aliphatic rings. The van der Waals surface area contributed by atoms with Crippen molar-refractivity contribution in [2.24, 2.45) is 4.99 Å². The minimum atomic E-state index is -4.80. The number of carbonyl (C=O) groups excluding carboxylic acids is 2. The lowest BCUT2D eigenvalue weighted by Gasteiger charge is -2.14. The quantitative estimate of drug-likeness (QED) is 0.305. The van der Waals surface area contributed by atoms with E-state index in [1.54, 1.807) is 11.0 Å². The molecule has 1 N–H and O–H groups in total. The zero-order valence-electron chi connectivity index (χ0n) is 19.3. The lowest BCUT2D eigenvalue weighted by molar-refractivity contribution is -0.138. The van der Waals surface area contributed by atoms with Gasteiger partial charge in [0.1, 0.15) is 5.75 Å². The smallest absolute Gasteiger partial charge is 0.420 e. The predicted octanol–water partition coefficient (Wildman–Crippen LogP) is 5.08. The van der Waals surface area contributed by atoms with Gasteiger partial charge in [0.25, 0.3) is 5.91 Å². The van der Waals surface area contributed by atoms with Crippen molar-refractivity contribution in [2.45, 2.75) is 25.4 Å². The van der Waals surface area contributed by atoms with E-state index in [0.29, 0.717) is 42.7 Å². The second-order valence-electron chi connectivity index (χ2n) is 8.20. The van der Waals surface area contributed by atoms with Crippen LogP contribution in [0.4, 0.5) is 17.6 Å². The zero-order chi connectivity index (χ0) is 26.6. The molecule has 0 saturated carbocycles. The van der Waals surface area contributed by atoms with Crippen molar-refractivity contribution in [3.8, 4) is 17.6 Å². The molecule has 2 saturated heterocycles. The van der Waals surface area contributed by atoms with E-state index >= 15 is 0 Å². The maximum atomic E-state index is 14.7. The van der Waals surface area contributed by atoms with Crippen LogP contribution in [0.2, 0.25) is 0 Å². The van der Waals surface area contributed by atoms with Gasteiger partial charge >= 0.3 is 6.18 Å². The third-order valence-corrected chi connectivity index (χ3v) is 6.50. The molecule has 0 spiro atoms. The van der Waals surface area contributed by atoms with Crippen molar-refractivity contribution in [3.63, 3.8) is 0 Å². The Hall–Kier alpha value is -3.85. The summed E-state index contributed by atoms with van der Waals surface area (Å²) in [6, 6.07) is 7.95. The number of nitrogens with one attached hydrogen (secondary N) is 1. The van der Waals surface area contributed by atoms with Crippen molar-refractivity contribution in [3.05, 3.63) is 63.8 Å². The Morgan fingerprint density at radius 3 is 2.65 bits per heavy atom. The molecule has 2 amide bonds. The summed E-state index contributed by atoms with van der Waals surface area (Å²) in [6.45, 7) is 1.79. The van der Waals surface area contributed by atoms with Gasteiger partial charge in [-0.05, 0) is 66.6 Å². The Labute approximate surface area is 213 Å². The average molecular weight is 533 g/mol.